The number of fused-ring (bicyclic) bond motifs is 2. The van der Waals surface area contributed by atoms with Crippen LogP contribution in [-0.4, -0.2) is 63.8 Å². The Morgan fingerprint density at radius 1 is 0.612 bits per heavy atom. The second-order valence-corrected chi connectivity index (χ2v) is 13.8. The predicted octanol–water partition coefficient (Wildman–Crippen LogP) is 9.84. The van der Waals surface area contributed by atoms with Gasteiger partial charge in [0.25, 0.3) is 0 Å². The van der Waals surface area contributed by atoms with Crippen molar-refractivity contribution in [3.8, 4) is 11.5 Å². The summed E-state index contributed by atoms with van der Waals surface area (Å²) in [5.74, 6) is 1.51. The summed E-state index contributed by atoms with van der Waals surface area (Å²) >= 11 is 3.63. The Balaban J connectivity index is 1.85. The van der Waals surface area contributed by atoms with Crippen molar-refractivity contribution >= 4 is 49.4 Å². The van der Waals surface area contributed by atoms with E-state index < -0.39 is 12.2 Å². The fourth-order valence-corrected chi connectivity index (χ4v) is 6.33. The van der Waals surface area contributed by atoms with Crippen LogP contribution in [-0.2, 0) is 28.5 Å². The zero-order valence-electron chi connectivity index (χ0n) is 30.4. The van der Waals surface area contributed by atoms with Crippen molar-refractivity contribution in [1.29, 1.82) is 0 Å². The summed E-state index contributed by atoms with van der Waals surface area (Å²) in [5, 5.41) is 3.37. The van der Waals surface area contributed by atoms with Gasteiger partial charge in [0.05, 0.1) is 13.2 Å². The maximum atomic E-state index is 12.0. The van der Waals surface area contributed by atoms with Gasteiger partial charge >= 0.3 is 11.9 Å². The average molecular weight is 746 g/mol. The van der Waals surface area contributed by atoms with Crippen LogP contribution in [0.4, 0.5) is 0 Å². The molecule has 0 aliphatic carbocycles. The molecule has 3 aromatic rings. The first-order chi connectivity index (χ1) is 23.7. The molecule has 0 aromatic heterocycles. The quantitative estimate of drug-likeness (QED) is 0.0662. The summed E-state index contributed by atoms with van der Waals surface area (Å²) in [6.07, 6.45) is 7.84. The number of unbranched alkanes of at least 4 members (excludes halogenated alkanes) is 2. The minimum atomic E-state index is -0.572. The molecule has 49 heavy (non-hydrogen) atoms. The zero-order chi connectivity index (χ0) is 35.6. The number of halogens is 1. The van der Waals surface area contributed by atoms with Gasteiger partial charge in [-0.15, -0.1) is 0 Å². The molecule has 0 N–H and O–H groups in total. The fourth-order valence-electron chi connectivity index (χ4n) is 5.97. The molecule has 0 spiro atoms. The molecular weight excluding hydrogens is 688 g/mol. The summed E-state index contributed by atoms with van der Waals surface area (Å²) in [6.45, 7) is 13.6. The number of hydrogen-bond acceptors (Lipinski definition) is 8. The van der Waals surface area contributed by atoms with E-state index in [9.17, 15) is 9.59 Å². The van der Waals surface area contributed by atoms with E-state index in [0.29, 0.717) is 36.5 Å². The molecule has 0 radical (unpaired) electrons. The molecule has 0 bridgehead atoms. The predicted molar refractivity (Wildman–Crippen MR) is 200 cm³/mol. The normalized spacial score (nSPS) is 13.9. The van der Waals surface area contributed by atoms with Crippen LogP contribution >= 0.6 is 15.9 Å². The molecule has 9 heteroatoms. The van der Waals surface area contributed by atoms with Crippen LogP contribution in [0.2, 0.25) is 0 Å². The van der Waals surface area contributed by atoms with Crippen molar-refractivity contribution in [2.24, 2.45) is 11.8 Å². The largest absolute Gasteiger partial charge is 0.488 e. The summed E-state index contributed by atoms with van der Waals surface area (Å²) in [6, 6.07) is 13.8. The van der Waals surface area contributed by atoms with Crippen LogP contribution in [0, 0.1) is 11.8 Å². The van der Waals surface area contributed by atoms with Crippen molar-refractivity contribution in [3.05, 3.63) is 46.9 Å². The molecule has 0 fully saturated rings. The molecule has 0 aliphatic rings. The SMILES string of the molecule is CCCCC(CC)COCC(COc1c2ccccc2c(OCC(COCC(CC)CCCC)OC(C)=O)c2cc(Br)ccc12)OC(C)=O. The van der Waals surface area contributed by atoms with Gasteiger partial charge in [-0.25, -0.2) is 0 Å². The third-order valence-corrected chi connectivity index (χ3v) is 9.27. The molecule has 3 aromatic carbocycles. The lowest BCUT2D eigenvalue weighted by Gasteiger charge is -2.23. The molecule has 0 heterocycles. The van der Waals surface area contributed by atoms with Gasteiger partial charge in [0.15, 0.2) is 12.2 Å². The van der Waals surface area contributed by atoms with Crippen LogP contribution in [0.15, 0.2) is 46.9 Å². The molecule has 0 aliphatic heterocycles. The second-order valence-electron chi connectivity index (χ2n) is 12.9. The minimum absolute atomic E-state index is 0.125. The first-order valence-electron chi connectivity index (χ1n) is 18.1. The van der Waals surface area contributed by atoms with Crippen LogP contribution < -0.4 is 9.47 Å². The Morgan fingerprint density at radius 2 is 1.06 bits per heavy atom. The Labute approximate surface area is 301 Å². The van der Waals surface area contributed by atoms with Crippen LogP contribution in [0.25, 0.3) is 21.5 Å². The number of ether oxygens (including phenoxy) is 6. The van der Waals surface area contributed by atoms with Gasteiger partial charge in [-0.05, 0) is 42.9 Å². The zero-order valence-corrected chi connectivity index (χ0v) is 32.0. The molecule has 4 atom stereocenters. The third kappa shape index (κ3) is 13.4. The highest BCUT2D eigenvalue weighted by Gasteiger charge is 2.22. The molecule has 0 saturated heterocycles. The van der Waals surface area contributed by atoms with Gasteiger partial charge in [0.1, 0.15) is 24.7 Å². The number of carbonyl (C=O) groups is 2. The molecule has 0 saturated carbocycles. The van der Waals surface area contributed by atoms with Gasteiger partial charge in [-0.2, -0.15) is 0 Å². The summed E-state index contributed by atoms with van der Waals surface area (Å²) in [5.41, 5.74) is 0. The highest BCUT2D eigenvalue weighted by Crippen LogP contribution is 2.44. The van der Waals surface area contributed by atoms with E-state index in [1.807, 2.05) is 42.5 Å². The standard InChI is InChI=1S/C40H57BrO8/c1-7-11-15-30(9-3)22-44-24-33(48-28(5)42)26-46-39-35-17-13-14-18-36(35)40(38-21-32(41)19-20-37(38)39)47-27-34(49-29(6)43)25-45-23-31(10-4)16-12-8-2/h13-14,17-21,30-31,33-34H,7-12,15-16,22-27H2,1-6H3. The van der Waals surface area contributed by atoms with Crippen LogP contribution in [0.1, 0.15) is 92.9 Å². The third-order valence-electron chi connectivity index (χ3n) is 8.78. The van der Waals surface area contributed by atoms with E-state index in [4.69, 9.17) is 28.4 Å². The summed E-state index contributed by atoms with van der Waals surface area (Å²) in [4.78, 5) is 24.0. The minimum Gasteiger partial charge on any atom is -0.488 e. The fraction of sp³-hybridized carbons (Fsp3) is 0.600. The first-order valence-corrected chi connectivity index (χ1v) is 18.9. The Hall–Kier alpha value is -2.88. The lowest BCUT2D eigenvalue weighted by atomic mass is 10.0. The van der Waals surface area contributed by atoms with E-state index in [1.165, 1.54) is 26.7 Å². The van der Waals surface area contributed by atoms with Crippen LogP contribution in [0.3, 0.4) is 0 Å². The van der Waals surface area contributed by atoms with E-state index in [-0.39, 0.29) is 38.4 Å². The maximum absolute atomic E-state index is 12.0. The maximum Gasteiger partial charge on any atom is 0.303 e. The van der Waals surface area contributed by atoms with Crippen molar-refractivity contribution in [2.75, 3.05) is 39.6 Å². The lowest BCUT2D eigenvalue weighted by Crippen LogP contribution is -2.30. The number of carbonyl (C=O) groups excluding carboxylic acids is 2. The Kier molecular flexibility index (Phi) is 18.2. The molecular formula is C40H57BrO8. The van der Waals surface area contributed by atoms with Crippen LogP contribution in [0.5, 0.6) is 11.5 Å². The number of benzene rings is 3. The molecule has 272 valence electrons. The first kappa shape index (κ1) is 40.5. The van der Waals surface area contributed by atoms with Crippen molar-refractivity contribution in [3.63, 3.8) is 0 Å². The van der Waals surface area contributed by atoms with Gasteiger partial charge < -0.3 is 28.4 Å². The number of esters is 2. The monoisotopic (exact) mass is 744 g/mol. The number of rotatable bonds is 24. The molecule has 8 nitrogen and oxygen atoms in total. The van der Waals surface area contributed by atoms with E-state index >= 15 is 0 Å². The van der Waals surface area contributed by atoms with Gasteiger partial charge in [0.2, 0.25) is 0 Å². The Bertz CT molecular complexity index is 1440. The summed E-state index contributed by atoms with van der Waals surface area (Å²) < 4.78 is 37.3. The smallest absolute Gasteiger partial charge is 0.303 e. The highest BCUT2D eigenvalue weighted by atomic mass is 79.9. The van der Waals surface area contributed by atoms with E-state index in [2.05, 4.69) is 43.6 Å². The van der Waals surface area contributed by atoms with Gasteiger partial charge in [-0.3, -0.25) is 9.59 Å². The number of hydrogen-bond donors (Lipinski definition) is 0. The van der Waals surface area contributed by atoms with Gasteiger partial charge in [0, 0.05) is 53.1 Å². The van der Waals surface area contributed by atoms with E-state index in [1.54, 1.807) is 0 Å². The molecule has 3 rings (SSSR count). The Morgan fingerprint density at radius 3 is 1.49 bits per heavy atom. The van der Waals surface area contributed by atoms with Gasteiger partial charge in [-0.1, -0.05) is 106 Å². The molecule has 0 amide bonds. The summed E-state index contributed by atoms with van der Waals surface area (Å²) in [7, 11) is 0. The van der Waals surface area contributed by atoms with Crippen molar-refractivity contribution < 1.29 is 38.0 Å². The lowest BCUT2D eigenvalue weighted by molar-refractivity contribution is -0.152. The topological polar surface area (TPSA) is 89.5 Å². The second kappa shape index (κ2) is 22.0. The highest BCUT2D eigenvalue weighted by molar-refractivity contribution is 9.10. The van der Waals surface area contributed by atoms with Crippen molar-refractivity contribution in [1.82, 2.24) is 0 Å². The van der Waals surface area contributed by atoms with Crippen molar-refractivity contribution in [2.45, 2.75) is 105 Å². The average Bonchev–Trinajstić information content (AvgIpc) is 3.08. The van der Waals surface area contributed by atoms with E-state index in [0.717, 1.165) is 64.5 Å². The molecule has 4 unspecified atom stereocenters.